The molecule has 0 spiro atoms. The second-order valence-corrected chi connectivity index (χ2v) is 8.65. The molecule has 6 nitrogen and oxygen atoms in total. The van der Waals surface area contributed by atoms with E-state index < -0.39 is 0 Å². The quantitative estimate of drug-likeness (QED) is 0.692. The van der Waals surface area contributed by atoms with Crippen LogP contribution in [0.2, 0.25) is 5.02 Å². The average Bonchev–Trinajstić information content (AvgIpc) is 3.25. The van der Waals surface area contributed by atoms with Crippen molar-refractivity contribution in [1.82, 2.24) is 0 Å². The SMILES string of the molecule is O=C(C[NH+]1CCOCC1)Nc1sc2c(c1C(=O)Nc1ccc(Cl)cc1)CCC2. The molecule has 2 amide bonds. The lowest BCUT2D eigenvalue weighted by Gasteiger charge is -2.23. The number of rotatable bonds is 5. The molecular formula is C20H23ClN3O3S+. The van der Waals surface area contributed by atoms with E-state index in [9.17, 15) is 9.59 Å². The summed E-state index contributed by atoms with van der Waals surface area (Å²) in [6.07, 6.45) is 2.89. The Bertz CT molecular complexity index is 876. The van der Waals surface area contributed by atoms with Gasteiger partial charge in [0.25, 0.3) is 11.8 Å². The van der Waals surface area contributed by atoms with Gasteiger partial charge in [-0.2, -0.15) is 0 Å². The van der Waals surface area contributed by atoms with Gasteiger partial charge in [0.15, 0.2) is 6.54 Å². The highest BCUT2D eigenvalue weighted by atomic mass is 35.5. The van der Waals surface area contributed by atoms with E-state index in [0.717, 1.165) is 37.9 Å². The maximum atomic E-state index is 13.0. The Morgan fingerprint density at radius 2 is 1.86 bits per heavy atom. The van der Waals surface area contributed by atoms with Gasteiger partial charge in [0.2, 0.25) is 0 Å². The predicted molar refractivity (Wildman–Crippen MR) is 111 cm³/mol. The molecule has 2 heterocycles. The molecule has 1 saturated heterocycles. The van der Waals surface area contributed by atoms with Crippen LogP contribution in [0.3, 0.4) is 0 Å². The van der Waals surface area contributed by atoms with Crippen molar-refractivity contribution < 1.29 is 19.2 Å². The Hall–Kier alpha value is -1.93. The van der Waals surface area contributed by atoms with E-state index in [2.05, 4.69) is 10.6 Å². The highest BCUT2D eigenvalue weighted by Gasteiger charge is 2.28. The molecule has 1 fully saturated rings. The molecule has 0 radical (unpaired) electrons. The molecule has 2 aliphatic rings. The number of ether oxygens (including phenoxy) is 1. The minimum atomic E-state index is -0.184. The molecule has 1 aromatic heterocycles. The molecule has 0 atom stereocenters. The van der Waals surface area contributed by atoms with Crippen LogP contribution in [0, 0.1) is 0 Å². The van der Waals surface area contributed by atoms with Gasteiger partial charge in [-0.15, -0.1) is 11.3 Å². The Balaban J connectivity index is 1.50. The summed E-state index contributed by atoms with van der Waals surface area (Å²) in [5, 5.41) is 7.21. The molecule has 0 unspecified atom stereocenters. The number of nitrogens with one attached hydrogen (secondary N) is 3. The minimum Gasteiger partial charge on any atom is -0.370 e. The van der Waals surface area contributed by atoms with Crippen molar-refractivity contribution in [2.75, 3.05) is 43.5 Å². The second kappa shape index (κ2) is 8.61. The molecule has 148 valence electrons. The first-order chi connectivity index (χ1) is 13.6. The van der Waals surface area contributed by atoms with Gasteiger partial charge in [-0.1, -0.05) is 11.6 Å². The number of hydrogen-bond donors (Lipinski definition) is 3. The summed E-state index contributed by atoms with van der Waals surface area (Å²) in [6, 6.07) is 7.02. The van der Waals surface area contributed by atoms with E-state index in [4.69, 9.17) is 16.3 Å². The minimum absolute atomic E-state index is 0.0580. The fourth-order valence-electron chi connectivity index (χ4n) is 3.69. The van der Waals surface area contributed by atoms with E-state index in [1.165, 1.54) is 21.1 Å². The Labute approximate surface area is 172 Å². The predicted octanol–water partition coefficient (Wildman–Crippen LogP) is 2.00. The molecule has 3 N–H and O–H groups in total. The van der Waals surface area contributed by atoms with Crippen molar-refractivity contribution in [3.63, 3.8) is 0 Å². The number of amides is 2. The summed E-state index contributed by atoms with van der Waals surface area (Å²) < 4.78 is 5.34. The van der Waals surface area contributed by atoms with E-state index in [1.807, 2.05) is 0 Å². The smallest absolute Gasteiger partial charge is 0.280 e. The van der Waals surface area contributed by atoms with E-state index in [0.29, 0.717) is 41.0 Å². The molecule has 1 aliphatic heterocycles. The Morgan fingerprint density at radius 3 is 2.61 bits per heavy atom. The van der Waals surface area contributed by atoms with Crippen LogP contribution in [-0.2, 0) is 22.4 Å². The summed E-state index contributed by atoms with van der Waals surface area (Å²) in [5.41, 5.74) is 2.37. The van der Waals surface area contributed by atoms with Crippen molar-refractivity contribution in [2.24, 2.45) is 0 Å². The molecule has 28 heavy (non-hydrogen) atoms. The van der Waals surface area contributed by atoms with Gasteiger partial charge in [0.05, 0.1) is 18.8 Å². The molecule has 2 aromatic rings. The fraction of sp³-hybridized carbons (Fsp3) is 0.400. The lowest BCUT2D eigenvalue weighted by atomic mass is 10.1. The van der Waals surface area contributed by atoms with Crippen molar-refractivity contribution in [3.05, 3.63) is 45.3 Å². The standard InChI is InChI=1S/C20H22ClN3O3S/c21-13-4-6-14(7-5-13)22-19(26)18-15-2-1-3-16(15)28-20(18)23-17(25)12-24-8-10-27-11-9-24/h4-7H,1-3,8-12H2,(H,22,26)(H,23,25)/p+1. The van der Waals surface area contributed by atoms with Crippen LogP contribution >= 0.6 is 22.9 Å². The number of morpholine rings is 1. The summed E-state index contributed by atoms with van der Waals surface area (Å²) in [6.45, 7) is 3.43. The van der Waals surface area contributed by atoms with Crippen molar-refractivity contribution in [2.45, 2.75) is 19.3 Å². The van der Waals surface area contributed by atoms with Gasteiger partial charge in [-0.25, -0.2) is 0 Å². The third kappa shape index (κ3) is 4.38. The number of thiophene rings is 1. The molecular weight excluding hydrogens is 398 g/mol. The third-order valence-electron chi connectivity index (χ3n) is 5.11. The van der Waals surface area contributed by atoms with Crippen LogP contribution in [0.1, 0.15) is 27.2 Å². The summed E-state index contributed by atoms with van der Waals surface area (Å²) >= 11 is 7.45. The maximum Gasteiger partial charge on any atom is 0.280 e. The van der Waals surface area contributed by atoms with Crippen LogP contribution in [0.25, 0.3) is 0 Å². The van der Waals surface area contributed by atoms with Crippen LogP contribution < -0.4 is 15.5 Å². The van der Waals surface area contributed by atoms with E-state index >= 15 is 0 Å². The number of hydrogen-bond acceptors (Lipinski definition) is 4. The molecule has 0 saturated carbocycles. The first-order valence-electron chi connectivity index (χ1n) is 9.53. The highest BCUT2D eigenvalue weighted by Crippen LogP contribution is 2.39. The normalized spacial score (nSPS) is 16.6. The van der Waals surface area contributed by atoms with Gasteiger partial charge in [0, 0.05) is 15.6 Å². The Morgan fingerprint density at radius 1 is 1.11 bits per heavy atom. The lowest BCUT2D eigenvalue weighted by molar-refractivity contribution is -0.899. The summed E-state index contributed by atoms with van der Waals surface area (Å²) in [7, 11) is 0. The number of anilines is 2. The van der Waals surface area contributed by atoms with Crippen molar-refractivity contribution >= 4 is 45.4 Å². The molecule has 4 rings (SSSR count). The zero-order chi connectivity index (χ0) is 19.5. The number of carbonyl (C=O) groups is 2. The Kier molecular flexibility index (Phi) is 5.96. The van der Waals surface area contributed by atoms with Gasteiger partial charge < -0.3 is 20.3 Å². The van der Waals surface area contributed by atoms with Crippen molar-refractivity contribution in [1.29, 1.82) is 0 Å². The van der Waals surface area contributed by atoms with Gasteiger partial charge in [0.1, 0.15) is 18.1 Å². The number of aryl methyl sites for hydroxylation is 1. The van der Waals surface area contributed by atoms with Crippen LogP contribution in [0.4, 0.5) is 10.7 Å². The molecule has 1 aliphatic carbocycles. The highest BCUT2D eigenvalue weighted by molar-refractivity contribution is 7.17. The average molecular weight is 421 g/mol. The maximum absolute atomic E-state index is 13.0. The summed E-state index contributed by atoms with van der Waals surface area (Å²) in [5.74, 6) is -0.242. The monoisotopic (exact) mass is 420 g/mol. The number of quaternary nitrogens is 1. The zero-order valence-electron chi connectivity index (χ0n) is 15.5. The second-order valence-electron chi connectivity index (χ2n) is 7.11. The number of benzene rings is 1. The molecule has 8 heteroatoms. The third-order valence-corrected chi connectivity index (χ3v) is 6.57. The first-order valence-corrected chi connectivity index (χ1v) is 10.7. The first kappa shape index (κ1) is 19.4. The fourth-order valence-corrected chi connectivity index (χ4v) is 5.12. The zero-order valence-corrected chi connectivity index (χ0v) is 17.0. The van der Waals surface area contributed by atoms with Crippen LogP contribution in [-0.4, -0.2) is 44.7 Å². The van der Waals surface area contributed by atoms with Crippen LogP contribution in [0.15, 0.2) is 24.3 Å². The largest absolute Gasteiger partial charge is 0.370 e. The molecule has 0 bridgehead atoms. The number of halogens is 1. The topological polar surface area (TPSA) is 71.9 Å². The molecule has 1 aromatic carbocycles. The number of fused-ring (bicyclic) bond motifs is 1. The van der Waals surface area contributed by atoms with Crippen LogP contribution in [0.5, 0.6) is 0 Å². The van der Waals surface area contributed by atoms with Crippen molar-refractivity contribution in [3.8, 4) is 0 Å². The van der Waals surface area contributed by atoms with E-state index in [1.54, 1.807) is 24.3 Å². The van der Waals surface area contributed by atoms with Gasteiger partial charge in [-0.3, -0.25) is 9.59 Å². The lowest BCUT2D eigenvalue weighted by Crippen LogP contribution is -3.15. The van der Waals surface area contributed by atoms with Gasteiger partial charge >= 0.3 is 0 Å². The number of carbonyl (C=O) groups excluding carboxylic acids is 2. The summed E-state index contributed by atoms with van der Waals surface area (Å²) in [4.78, 5) is 28.0. The van der Waals surface area contributed by atoms with E-state index in [-0.39, 0.29) is 11.8 Å². The van der Waals surface area contributed by atoms with Gasteiger partial charge in [-0.05, 0) is 49.1 Å².